The van der Waals surface area contributed by atoms with Gasteiger partial charge in [0.1, 0.15) is 5.82 Å². The average molecular weight is 414 g/mol. The Morgan fingerprint density at radius 2 is 2.15 bits per heavy atom. The van der Waals surface area contributed by atoms with Crippen LogP contribution in [0.2, 0.25) is 5.02 Å². The highest BCUT2D eigenvalue weighted by atomic mass is 35.5. The van der Waals surface area contributed by atoms with E-state index in [2.05, 4.69) is 20.4 Å². The van der Waals surface area contributed by atoms with Gasteiger partial charge >= 0.3 is 0 Å². The molecule has 7 nitrogen and oxygen atoms in total. The zero-order valence-corrected chi connectivity index (χ0v) is 16.7. The fourth-order valence-corrected chi connectivity index (χ4v) is 3.76. The van der Waals surface area contributed by atoms with E-state index in [1.54, 1.807) is 6.92 Å². The van der Waals surface area contributed by atoms with E-state index in [-0.39, 0.29) is 10.9 Å². The summed E-state index contributed by atoms with van der Waals surface area (Å²) in [6.45, 7) is 7.37. The van der Waals surface area contributed by atoms with Gasteiger partial charge < -0.3 is 15.0 Å². The van der Waals surface area contributed by atoms with Crippen LogP contribution in [-0.4, -0.2) is 52.2 Å². The second-order valence-electron chi connectivity index (χ2n) is 6.00. The molecule has 0 bridgehead atoms. The van der Waals surface area contributed by atoms with Crippen LogP contribution in [0.1, 0.15) is 13.8 Å². The van der Waals surface area contributed by atoms with Gasteiger partial charge in [-0.2, -0.15) is 0 Å². The fourth-order valence-electron chi connectivity index (χ4n) is 2.67. The van der Waals surface area contributed by atoms with E-state index in [1.165, 1.54) is 30.0 Å². The first kappa shape index (κ1) is 19.9. The summed E-state index contributed by atoms with van der Waals surface area (Å²) in [5.74, 6) is 0.0475. The summed E-state index contributed by atoms with van der Waals surface area (Å²) in [4.78, 5) is 14.6. The Morgan fingerprint density at radius 3 is 2.81 bits per heavy atom. The minimum absolute atomic E-state index is 0.0333. The van der Waals surface area contributed by atoms with Crippen molar-refractivity contribution in [2.75, 3.05) is 36.5 Å². The summed E-state index contributed by atoms with van der Waals surface area (Å²) in [7, 11) is 0. The first-order valence-electron chi connectivity index (χ1n) is 8.68. The molecule has 2 aromatic rings. The predicted molar refractivity (Wildman–Crippen MR) is 104 cm³/mol. The number of rotatable bonds is 6. The lowest BCUT2D eigenvalue weighted by Gasteiger charge is -2.27. The van der Waals surface area contributed by atoms with Crippen LogP contribution < -0.4 is 10.2 Å². The number of nitrogens with zero attached hydrogens (tertiary/aromatic N) is 4. The quantitative estimate of drug-likeness (QED) is 0.734. The Morgan fingerprint density at radius 1 is 1.41 bits per heavy atom. The third-order valence-corrected chi connectivity index (χ3v) is 5.52. The molecule has 1 aliphatic heterocycles. The van der Waals surface area contributed by atoms with Crippen molar-refractivity contribution in [2.24, 2.45) is 0 Å². The van der Waals surface area contributed by atoms with Gasteiger partial charge in [0.2, 0.25) is 11.9 Å². The lowest BCUT2D eigenvalue weighted by atomic mass is 10.3. The van der Waals surface area contributed by atoms with Crippen molar-refractivity contribution in [2.45, 2.75) is 30.8 Å². The molecule has 1 amide bonds. The molecule has 0 radical (unpaired) electrons. The van der Waals surface area contributed by atoms with Crippen LogP contribution in [0.15, 0.2) is 23.4 Å². The van der Waals surface area contributed by atoms with E-state index in [0.29, 0.717) is 30.6 Å². The molecule has 2 heterocycles. The van der Waals surface area contributed by atoms with E-state index in [4.69, 9.17) is 16.3 Å². The third-order valence-electron chi connectivity index (χ3n) is 4.15. The molecule has 1 aromatic carbocycles. The van der Waals surface area contributed by atoms with E-state index >= 15 is 0 Å². The highest BCUT2D eigenvalue weighted by molar-refractivity contribution is 8.00. The van der Waals surface area contributed by atoms with Gasteiger partial charge in [-0.1, -0.05) is 23.4 Å². The molecular formula is C17H21ClFN5O2S. The molecule has 1 atom stereocenters. The lowest BCUT2D eigenvalue weighted by Crippen LogP contribution is -2.38. The average Bonchev–Trinajstić information content (AvgIpc) is 3.08. The number of carbonyl (C=O) groups is 1. The normalized spacial score (nSPS) is 15.6. The van der Waals surface area contributed by atoms with Gasteiger partial charge in [0, 0.05) is 25.3 Å². The van der Waals surface area contributed by atoms with Crippen molar-refractivity contribution >= 4 is 40.9 Å². The number of anilines is 2. The third kappa shape index (κ3) is 4.72. The number of morpholine rings is 1. The highest BCUT2D eigenvalue weighted by Gasteiger charge is 2.23. The molecular weight excluding hydrogens is 393 g/mol. The molecule has 1 N–H and O–H groups in total. The Balaban J connectivity index is 1.67. The molecule has 0 unspecified atom stereocenters. The first-order valence-corrected chi connectivity index (χ1v) is 9.93. The molecule has 146 valence electrons. The summed E-state index contributed by atoms with van der Waals surface area (Å²) in [6, 6.07) is 4.08. The highest BCUT2D eigenvalue weighted by Crippen LogP contribution is 2.27. The van der Waals surface area contributed by atoms with E-state index in [0.717, 1.165) is 19.0 Å². The van der Waals surface area contributed by atoms with Crippen molar-refractivity contribution < 1.29 is 13.9 Å². The van der Waals surface area contributed by atoms with Gasteiger partial charge in [0.15, 0.2) is 5.16 Å². The number of aromatic nitrogens is 3. The monoisotopic (exact) mass is 413 g/mol. The fraction of sp³-hybridized carbons (Fsp3) is 0.471. The number of ether oxygens (including phenoxy) is 1. The second kappa shape index (κ2) is 8.90. The van der Waals surface area contributed by atoms with Gasteiger partial charge in [0.05, 0.1) is 23.5 Å². The maximum absolute atomic E-state index is 13.2. The van der Waals surface area contributed by atoms with E-state index < -0.39 is 11.1 Å². The number of amides is 1. The Kier molecular flexibility index (Phi) is 6.56. The minimum Gasteiger partial charge on any atom is -0.378 e. The number of carbonyl (C=O) groups excluding carboxylic acids is 1. The molecule has 0 saturated carbocycles. The maximum atomic E-state index is 13.2. The van der Waals surface area contributed by atoms with Gasteiger partial charge in [-0.25, -0.2) is 4.39 Å². The summed E-state index contributed by atoms with van der Waals surface area (Å²) >= 11 is 7.08. The number of hydrogen-bond acceptors (Lipinski definition) is 6. The van der Waals surface area contributed by atoms with Gasteiger partial charge in [-0.3, -0.25) is 9.36 Å². The van der Waals surface area contributed by atoms with Crippen LogP contribution >= 0.6 is 23.4 Å². The van der Waals surface area contributed by atoms with Crippen LogP contribution in [0.5, 0.6) is 0 Å². The largest absolute Gasteiger partial charge is 0.378 e. The summed E-state index contributed by atoms with van der Waals surface area (Å²) in [5.41, 5.74) is 0.449. The molecule has 1 aromatic heterocycles. The summed E-state index contributed by atoms with van der Waals surface area (Å²) < 4.78 is 20.6. The number of nitrogens with one attached hydrogen (secondary N) is 1. The van der Waals surface area contributed by atoms with Crippen molar-refractivity contribution in [3.05, 3.63) is 29.0 Å². The number of thioether (sulfide) groups is 1. The Hall–Kier alpha value is -1.84. The van der Waals surface area contributed by atoms with Gasteiger partial charge in [0.25, 0.3) is 0 Å². The number of hydrogen-bond donors (Lipinski definition) is 1. The zero-order chi connectivity index (χ0) is 19.4. The van der Waals surface area contributed by atoms with E-state index in [1.807, 2.05) is 11.5 Å². The molecule has 3 rings (SSSR count). The number of halogens is 2. The second-order valence-corrected chi connectivity index (χ2v) is 7.72. The zero-order valence-electron chi connectivity index (χ0n) is 15.1. The Labute approximate surface area is 166 Å². The van der Waals surface area contributed by atoms with Gasteiger partial charge in [-0.15, -0.1) is 10.2 Å². The molecule has 0 aliphatic carbocycles. The Bertz CT molecular complexity index is 813. The first-order chi connectivity index (χ1) is 13.0. The molecule has 1 saturated heterocycles. The van der Waals surface area contributed by atoms with Crippen LogP contribution in [-0.2, 0) is 16.1 Å². The molecule has 1 aliphatic rings. The smallest absolute Gasteiger partial charge is 0.237 e. The van der Waals surface area contributed by atoms with Gasteiger partial charge in [-0.05, 0) is 32.0 Å². The topological polar surface area (TPSA) is 72.3 Å². The van der Waals surface area contributed by atoms with Crippen molar-refractivity contribution in [3.8, 4) is 0 Å². The molecule has 27 heavy (non-hydrogen) atoms. The van der Waals surface area contributed by atoms with Crippen molar-refractivity contribution in [3.63, 3.8) is 0 Å². The summed E-state index contributed by atoms with van der Waals surface area (Å²) in [6.07, 6.45) is 0. The molecule has 1 fully saturated rings. The molecule has 10 heteroatoms. The van der Waals surface area contributed by atoms with E-state index in [9.17, 15) is 9.18 Å². The predicted octanol–water partition coefficient (Wildman–Crippen LogP) is 3.05. The SMILES string of the molecule is CCn1c(S[C@@H](C)C(=O)Nc2ccc(F)c(Cl)c2)nnc1N1CCOCC1. The van der Waals surface area contributed by atoms with Crippen molar-refractivity contribution in [1.29, 1.82) is 0 Å². The lowest BCUT2D eigenvalue weighted by molar-refractivity contribution is -0.115. The van der Waals surface area contributed by atoms with Crippen LogP contribution in [0.4, 0.5) is 16.0 Å². The van der Waals surface area contributed by atoms with Crippen LogP contribution in [0, 0.1) is 5.82 Å². The molecule has 0 spiro atoms. The minimum atomic E-state index is -0.524. The number of benzene rings is 1. The maximum Gasteiger partial charge on any atom is 0.237 e. The standard InChI is InChI=1S/C17H21ClFN5O2S/c1-3-24-16(23-6-8-26-9-7-23)21-22-17(24)27-11(2)15(25)20-12-4-5-14(19)13(18)10-12/h4-5,10-11H,3,6-9H2,1-2H3,(H,20,25)/t11-/m0/s1. The van der Waals surface area contributed by atoms with Crippen LogP contribution in [0.3, 0.4) is 0 Å². The van der Waals surface area contributed by atoms with Crippen molar-refractivity contribution in [1.82, 2.24) is 14.8 Å². The summed E-state index contributed by atoms with van der Waals surface area (Å²) in [5, 5.41) is 11.5. The van der Waals surface area contributed by atoms with Crippen LogP contribution in [0.25, 0.3) is 0 Å².